The topological polar surface area (TPSA) is 52.5 Å². The predicted molar refractivity (Wildman–Crippen MR) is 72.4 cm³/mol. The van der Waals surface area contributed by atoms with Crippen molar-refractivity contribution >= 4 is 0 Å². The molecule has 1 aliphatic carbocycles. The van der Waals surface area contributed by atoms with Gasteiger partial charge in [-0.3, -0.25) is 0 Å². The average molecular weight is 267 g/mol. The molecule has 0 heterocycles. The molecule has 0 bridgehead atoms. The van der Waals surface area contributed by atoms with E-state index in [1.165, 1.54) is 25.0 Å². The Morgan fingerprint density at radius 2 is 1.84 bits per heavy atom. The van der Waals surface area contributed by atoms with Gasteiger partial charge >= 0.3 is 0 Å². The zero-order valence-corrected chi connectivity index (χ0v) is 11.2. The summed E-state index contributed by atoms with van der Waals surface area (Å²) >= 11 is 0. The van der Waals surface area contributed by atoms with Crippen LogP contribution in [0.2, 0.25) is 0 Å². The summed E-state index contributed by atoms with van der Waals surface area (Å²) in [5, 5.41) is 22.7. The Hall–Kier alpha value is -1.13. The van der Waals surface area contributed by atoms with Gasteiger partial charge in [0, 0.05) is 13.1 Å². The summed E-state index contributed by atoms with van der Waals surface area (Å²) in [6, 6.07) is 4.36. The van der Waals surface area contributed by atoms with Crippen LogP contribution < -0.4 is 5.32 Å². The number of hydrogen-bond donors (Lipinski definition) is 3. The number of halogens is 1. The van der Waals surface area contributed by atoms with E-state index >= 15 is 0 Å². The number of nitrogens with one attached hydrogen (secondary N) is 1. The number of rotatable bonds is 4. The highest BCUT2D eigenvalue weighted by atomic mass is 19.1. The third-order valence-electron chi connectivity index (χ3n) is 3.83. The molecular weight excluding hydrogens is 245 g/mol. The molecule has 1 saturated carbocycles. The SMILES string of the molecule is Oc1ccc(CNCC2(O)CCCCCC2)cc1F. The lowest BCUT2D eigenvalue weighted by atomic mass is 9.94. The maximum Gasteiger partial charge on any atom is 0.165 e. The van der Waals surface area contributed by atoms with Crippen molar-refractivity contribution in [3.8, 4) is 5.75 Å². The van der Waals surface area contributed by atoms with Gasteiger partial charge < -0.3 is 15.5 Å². The molecule has 3 N–H and O–H groups in total. The van der Waals surface area contributed by atoms with E-state index < -0.39 is 11.4 Å². The highest BCUT2D eigenvalue weighted by Crippen LogP contribution is 2.26. The first kappa shape index (κ1) is 14.3. The molecule has 1 fully saturated rings. The minimum atomic E-state index is -0.619. The zero-order chi connectivity index (χ0) is 13.7. The standard InChI is InChI=1S/C15H22FNO2/c16-13-9-12(5-6-14(13)18)10-17-11-15(19)7-3-1-2-4-8-15/h5-6,9,17-19H,1-4,7-8,10-11H2. The van der Waals surface area contributed by atoms with Crippen molar-refractivity contribution in [1.29, 1.82) is 0 Å². The van der Waals surface area contributed by atoms with Crippen molar-refractivity contribution in [1.82, 2.24) is 5.32 Å². The molecule has 0 aromatic heterocycles. The molecule has 106 valence electrons. The summed E-state index contributed by atoms with van der Waals surface area (Å²) < 4.78 is 13.2. The number of aliphatic hydroxyl groups is 1. The summed E-state index contributed by atoms with van der Waals surface area (Å²) in [6.07, 6.45) is 6.23. The average Bonchev–Trinajstić information content (AvgIpc) is 2.59. The normalized spacial score (nSPS) is 19.1. The quantitative estimate of drug-likeness (QED) is 0.735. The van der Waals surface area contributed by atoms with Crippen LogP contribution in [-0.2, 0) is 6.54 Å². The van der Waals surface area contributed by atoms with Gasteiger partial charge in [0.05, 0.1) is 5.60 Å². The Morgan fingerprint density at radius 1 is 1.16 bits per heavy atom. The highest BCUT2D eigenvalue weighted by Gasteiger charge is 2.27. The van der Waals surface area contributed by atoms with Crippen LogP contribution in [0.3, 0.4) is 0 Å². The van der Waals surface area contributed by atoms with Crippen molar-refractivity contribution in [3.05, 3.63) is 29.6 Å². The Bertz CT molecular complexity index is 415. The van der Waals surface area contributed by atoms with E-state index in [1.807, 2.05) is 0 Å². The molecule has 0 spiro atoms. The van der Waals surface area contributed by atoms with Gasteiger partial charge in [-0.05, 0) is 30.5 Å². The summed E-state index contributed by atoms with van der Waals surface area (Å²) in [7, 11) is 0. The minimum absolute atomic E-state index is 0.328. The molecule has 4 heteroatoms. The van der Waals surface area contributed by atoms with Crippen LogP contribution >= 0.6 is 0 Å². The molecule has 0 amide bonds. The molecule has 2 rings (SSSR count). The Labute approximate surface area is 113 Å². The first-order valence-electron chi connectivity index (χ1n) is 7.00. The third-order valence-corrected chi connectivity index (χ3v) is 3.83. The summed E-state index contributed by atoms with van der Waals surface area (Å²) in [4.78, 5) is 0. The largest absolute Gasteiger partial charge is 0.505 e. The number of phenols is 1. The second-order valence-electron chi connectivity index (χ2n) is 5.53. The molecular formula is C15H22FNO2. The van der Waals surface area contributed by atoms with Gasteiger partial charge in [0.1, 0.15) is 0 Å². The van der Waals surface area contributed by atoms with Crippen LogP contribution in [0.4, 0.5) is 4.39 Å². The van der Waals surface area contributed by atoms with Gasteiger partial charge in [0.15, 0.2) is 11.6 Å². The highest BCUT2D eigenvalue weighted by molar-refractivity contribution is 5.27. The van der Waals surface area contributed by atoms with E-state index in [9.17, 15) is 9.50 Å². The van der Waals surface area contributed by atoms with Crippen LogP contribution in [0, 0.1) is 5.82 Å². The zero-order valence-electron chi connectivity index (χ0n) is 11.2. The van der Waals surface area contributed by atoms with Crippen molar-refractivity contribution in [3.63, 3.8) is 0 Å². The third kappa shape index (κ3) is 4.18. The van der Waals surface area contributed by atoms with Crippen molar-refractivity contribution in [2.24, 2.45) is 0 Å². The molecule has 0 radical (unpaired) electrons. The Kier molecular flexibility index (Phi) is 4.77. The van der Waals surface area contributed by atoms with Crippen molar-refractivity contribution in [2.75, 3.05) is 6.54 Å². The number of hydrogen-bond acceptors (Lipinski definition) is 3. The molecule has 1 aromatic rings. The van der Waals surface area contributed by atoms with Crippen LogP contribution in [0.1, 0.15) is 44.1 Å². The van der Waals surface area contributed by atoms with Gasteiger partial charge in [-0.2, -0.15) is 0 Å². The Morgan fingerprint density at radius 3 is 2.47 bits per heavy atom. The fourth-order valence-electron chi connectivity index (χ4n) is 2.66. The number of aromatic hydroxyl groups is 1. The predicted octanol–water partition coefficient (Wildman–Crippen LogP) is 2.71. The van der Waals surface area contributed by atoms with E-state index in [1.54, 1.807) is 6.07 Å². The molecule has 3 nitrogen and oxygen atoms in total. The van der Waals surface area contributed by atoms with E-state index in [0.29, 0.717) is 13.1 Å². The minimum Gasteiger partial charge on any atom is -0.505 e. The second kappa shape index (κ2) is 6.35. The Balaban J connectivity index is 1.83. The van der Waals surface area contributed by atoms with Crippen molar-refractivity contribution < 1.29 is 14.6 Å². The van der Waals surface area contributed by atoms with E-state index in [4.69, 9.17) is 5.11 Å². The first-order chi connectivity index (χ1) is 9.09. The monoisotopic (exact) mass is 267 g/mol. The first-order valence-corrected chi connectivity index (χ1v) is 7.00. The molecule has 0 aliphatic heterocycles. The van der Waals surface area contributed by atoms with E-state index in [2.05, 4.69) is 5.32 Å². The fraction of sp³-hybridized carbons (Fsp3) is 0.600. The maximum absolute atomic E-state index is 13.2. The maximum atomic E-state index is 13.2. The number of benzene rings is 1. The smallest absolute Gasteiger partial charge is 0.165 e. The van der Waals surface area contributed by atoms with Gasteiger partial charge in [-0.15, -0.1) is 0 Å². The van der Waals surface area contributed by atoms with E-state index in [0.717, 1.165) is 31.2 Å². The van der Waals surface area contributed by atoms with Crippen LogP contribution in [-0.4, -0.2) is 22.4 Å². The van der Waals surface area contributed by atoms with Gasteiger partial charge in [0.25, 0.3) is 0 Å². The van der Waals surface area contributed by atoms with Gasteiger partial charge in [0.2, 0.25) is 0 Å². The lowest BCUT2D eigenvalue weighted by Crippen LogP contribution is -2.39. The molecule has 1 aromatic carbocycles. The van der Waals surface area contributed by atoms with E-state index in [-0.39, 0.29) is 5.75 Å². The molecule has 19 heavy (non-hydrogen) atoms. The molecule has 0 unspecified atom stereocenters. The van der Waals surface area contributed by atoms with Crippen LogP contribution in [0.15, 0.2) is 18.2 Å². The summed E-state index contributed by atoms with van der Waals surface area (Å²) in [5.41, 5.74) is 0.152. The van der Waals surface area contributed by atoms with Gasteiger partial charge in [-0.25, -0.2) is 4.39 Å². The summed E-state index contributed by atoms with van der Waals surface area (Å²) in [5.74, 6) is -0.932. The lowest BCUT2D eigenvalue weighted by molar-refractivity contribution is 0.0250. The van der Waals surface area contributed by atoms with Crippen LogP contribution in [0.25, 0.3) is 0 Å². The lowest BCUT2D eigenvalue weighted by Gasteiger charge is -2.27. The van der Waals surface area contributed by atoms with Crippen LogP contribution in [0.5, 0.6) is 5.75 Å². The molecule has 0 saturated heterocycles. The molecule has 1 aliphatic rings. The van der Waals surface area contributed by atoms with Gasteiger partial charge in [-0.1, -0.05) is 31.7 Å². The second-order valence-corrected chi connectivity index (χ2v) is 5.53. The molecule has 0 atom stereocenters. The fourth-order valence-corrected chi connectivity index (χ4v) is 2.66. The summed E-state index contributed by atoms with van der Waals surface area (Å²) in [6.45, 7) is 1.04. The van der Waals surface area contributed by atoms with Crippen molar-refractivity contribution in [2.45, 2.75) is 50.7 Å². The number of phenolic OH excluding ortho intramolecular Hbond substituents is 1.